The standard InChI is InChI=1S/C26H28ClN5O2/c1-17(2)21-8-10-23(11-9-21)34-16-31-13-12-24(30-31)26(33)28-25-18(3)29-32(19(25)4)15-20-6-5-7-22(27)14-20/h5-14,17H,15-16H2,1-4H3,(H,28,33). The van der Waals surface area contributed by atoms with Crippen molar-refractivity contribution in [2.24, 2.45) is 0 Å². The summed E-state index contributed by atoms with van der Waals surface area (Å²) in [6.45, 7) is 8.88. The molecule has 176 valence electrons. The first-order chi connectivity index (χ1) is 16.3. The summed E-state index contributed by atoms with van der Waals surface area (Å²) in [6, 6.07) is 17.3. The number of carbonyl (C=O) groups excluding carboxylic acids is 1. The van der Waals surface area contributed by atoms with Crippen molar-refractivity contribution < 1.29 is 9.53 Å². The van der Waals surface area contributed by atoms with Crippen molar-refractivity contribution in [3.63, 3.8) is 0 Å². The first-order valence-electron chi connectivity index (χ1n) is 11.2. The molecule has 0 spiro atoms. The molecule has 2 aromatic carbocycles. The summed E-state index contributed by atoms with van der Waals surface area (Å²) in [5.74, 6) is 0.926. The van der Waals surface area contributed by atoms with Gasteiger partial charge in [0.25, 0.3) is 5.91 Å². The summed E-state index contributed by atoms with van der Waals surface area (Å²) in [5.41, 5.74) is 4.88. The van der Waals surface area contributed by atoms with E-state index in [1.165, 1.54) is 5.56 Å². The van der Waals surface area contributed by atoms with Gasteiger partial charge in [-0.3, -0.25) is 9.48 Å². The molecular formula is C26H28ClN5O2. The molecule has 1 N–H and O–H groups in total. The Bertz CT molecular complexity index is 1290. The van der Waals surface area contributed by atoms with Gasteiger partial charge in [0.15, 0.2) is 12.4 Å². The van der Waals surface area contributed by atoms with Gasteiger partial charge in [-0.15, -0.1) is 0 Å². The molecule has 0 aliphatic heterocycles. The van der Waals surface area contributed by atoms with Crippen molar-refractivity contribution in [1.82, 2.24) is 19.6 Å². The van der Waals surface area contributed by atoms with E-state index in [1.54, 1.807) is 16.9 Å². The largest absolute Gasteiger partial charge is 0.471 e. The molecule has 0 saturated heterocycles. The van der Waals surface area contributed by atoms with E-state index in [-0.39, 0.29) is 12.6 Å². The van der Waals surface area contributed by atoms with Gasteiger partial charge in [-0.2, -0.15) is 10.2 Å². The maximum Gasteiger partial charge on any atom is 0.276 e. The Morgan fingerprint density at radius 3 is 2.56 bits per heavy atom. The fraction of sp³-hybridized carbons (Fsp3) is 0.269. The highest BCUT2D eigenvalue weighted by Crippen LogP contribution is 2.22. The Morgan fingerprint density at radius 2 is 1.85 bits per heavy atom. The topological polar surface area (TPSA) is 74.0 Å². The number of hydrogen-bond acceptors (Lipinski definition) is 4. The average Bonchev–Trinajstić information content (AvgIpc) is 3.38. The van der Waals surface area contributed by atoms with Gasteiger partial charge < -0.3 is 10.1 Å². The minimum Gasteiger partial charge on any atom is -0.471 e. The normalized spacial score (nSPS) is 11.1. The zero-order chi connectivity index (χ0) is 24.2. The Morgan fingerprint density at radius 1 is 1.09 bits per heavy atom. The van der Waals surface area contributed by atoms with Crippen LogP contribution in [0.3, 0.4) is 0 Å². The second kappa shape index (κ2) is 10.1. The summed E-state index contributed by atoms with van der Waals surface area (Å²) in [4.78, 5) is 12.8. The zero-order valence-electron chi connectivity index (χ0n) is 19.7. The van der Waals surface area contributed by atoms with Gasteiger partial charge in [0.05, 0.1) is 23.6 Å². The summed E-state index contributed by atoms with van der Waals surface area (Å²) in [7, 11) is 0. The summed E-state index contributed by atoms with van der Waals surface area (Å²) in [5, 5.41) is 12.6. The molecule has 4 aromatic rings. The van der Waals surface area contributed by atoms with Crippen LogP contribution < -0.4 is 10.1 Å². The van der Waals surface area contributed by atoms with E-state index in [2.05, 4.69) is 41.5 Å². The molecule has 8 heteroatoms. The molecule has 2 aromatic heterocycles. The van der Waals surface area contributed by atoms with Gasteiger partial charge in [0, 0.05) is 11.2 Å². The van der Waals surface area contributed by atoms with E-state index in [4.69, 9.17) is 16.3 Å². The van der Waals surface area contributed by atoms with Crippen LogP contribution in [-0.2, 0) is 13.3 Å². The van der Waals surface area contributed by atoms with Crippen molar-refractivity contribution in [3.05, 3.63) is 94.0 Å². The number of anilines is 1. The molecule has 34 heavy (non-hydrogen) atoms. The minimum absolute atomic E-state index is 0.212. The molecule has 0 radical (unpaired) electrons. The van der Waals surface area contributed by atoms with Crippen LogP contribution in [-0.4, -0.2) is 25.5 Å². The number of hydrogen-bond donors (Lipinski definition) is 1. The number of aryl methyl sites for hydroxylation is 1. The van der Waals surface area contributed by atoms with E-state index >= 15 is 0 Å². The Balaban J connectivity index is 1.39. The maximum absolute atomic E-state index is 12.8. The van der Waals surface area contributed by atoms with Gasteiger partial charge in [0.1, 0.15) is 5.75 Å². The van der Waals surface area contributed by atoms with Crippen molar-refractivity contribution in [3.8, 4) is 5.75 Å². The highest BCUT2D eigenvalue weighted by Gasteiger charge is 2.17. The third kappa shape index (κ3) is 5.48. The van der Waals surface area contributed by atoms with Crippen LogP contribution in [0.5, 0.6) is 5.75 Å². The van der Waals surface area contributed by atoms with Gasteiger partial charge >= 0.3 is 0 Å². The predicted octanol–water partition coefficient (Wildman–Crippen LogP) is 5.81. The molecule has 0 bridgehead atoms. The molecule has 1 amide bonds. The SMILES string of the molecule is Cc1nn(Cc2cccc(Cl)c2)c(C)c1NC(=O)c1ccn(COc2ccc(C(C)C)cc2)n1. The van der Waals surface area contributed by atoms with Crippen LogP contribution in [0, 0.1) is 13.8 Å². The minimum atomic E-state index is -0.298. The fourth-order valence-electron chi connectivity index (χ4n) is 3.66. The average molecular weight is 478 g/mol. The Hall–Kier alpha value is -3.58. The van der Waals surface area contributed by atoms with Gasteiger partial charge in [0.2, 0.25) is 0 Å². The zero-order valence-corrected chi connectivity index (χ0v) is 20.5. The smallest absolute Gasteiger partial charge is 0.276 e. The number of carbonyl (C=O) groups is 1. The highest BCUT2D eigenvalue weighted by molar-refractivity contribution is 6.30. The van der Waals surface area contributed by atoms with E-state index in [0.29, 0.717) is 28.9 Å². The summed E-state index contributed by atoms with van der Waals surface area (Å²) < 4.78 is 9.24. The van der Waals surface area contributed by atoms with Crippen molar-refractivity contribution in [2.75, 3.05) is 5.32 Å². The molecule has 0 atom stereocenters. The lowest BCUT2D eigenvalue weighted by Crippen LogP contribution is -2.15. The van der Waals surface area contributed by atoms with Gasteiger partial charge in [-0.05, 0) is 61.2 Å². The molecule has 0 aliphatic rings. The van der Waals surface area contributed by atoms with Crippen LogP contribution in [0.25, 0.3) is 0 Å². The van der Waals surface area contributed by atoms with Crippen LogP contribution in [0.4, 0.5) is 5.69 Å². The first kappa shape index (κ1) is 23.6. The molecule has 2 heterocycles. The van der Waals surface area contributed by atoms with Crippen molar-refractivity contribution >= 4 is 23.2 Å². The van der Waals surface area contributed by atoms with Crippen molar-refractivity contribution in [1.29, 1.82) is 0 Å². The number of halogens is 1. The number of nitrogens with one attached hydrogen (secondary N) is 1. The third-order valence-electron chi connectivity index (χ3n) is 5.62. The van der Waals surface area contributed by atoms with E-state index in [1.807, 2.05) is 54.9 Å². The van der Waals surface area contributed by atoms with E-state index in [0.717, 1.165) is 22.7 Å². The molecule has 0 aliphatic carbocycles. The molecule has 0 unspecified atom stereocenters. The second-order valence-corrected chi connectivity index (χ2v) is 8.96. The number of ether oxygens (including phenoxy) is 1. The molecule has 4 rings (SSSR count). The lowest BCUT2D eigenvalue weighted by molar-refractivity contribution is 0.102. The molecule has 7 nitrogen and oxygen atoms in total. The number of aromatic nitrogens is 4. The third-order valence-corrected chi connectivity index (χ3v) is 5.86. The molecule has 0 fully saturated rings. The molecule has 0 saturated carbocycles. The predicted molar refractivity (Wildman–Crippen MR) is 134 cm³/mol. The fourth-order valence-corrected chi connectivity index (χ4v) is 3.87. The monoisotopic (exact) mass is 477 g/mol. The lowest BCUT2D eigenvalue weighted by atomic mass is 10.0. The highest BCUT2D eigenvalue weighted by atomic mass is 35.5. The van der Waals surface area contributed by atoms with Crippen LogP contribution in [0.2, 0.25) is 5.02 Å². The van der Waals surface area contributed by atoms with E-state index < -0.39 is 0 Å². The van der Waals surface area contributed by atoms with Gasteiger partial charge in [-0.25, -0.2) is 4.68 Å². The first-order valence-corrected chi connectivity index (χ1v) is 11.5. The number of amides is 1. The Kier molecular flexibility index (Phi) is 7.03. The quantitative estimate of drug-likeness (QED) is 0.347. The summed E-state index contributed by atoms with van der Waals surface area (Å²) in [6.07, 6.45) is 1.72. The summed E-state index contributed by atoms with van der Waals surface area (Å²) >= 11 is 6.10. The van der Waals surface area contributed by atoms with Crippen LogP contribution in [0.1, 0.15) is 52.8 Å². The lowest BCUT2D eigenvalue weighted by Gasteiger charge is -2.09. The molecular weight excluding hydrogens is 450 g/mol. The maximum atomic E-state index is 12.8. The van der Waals surface area contributed by atoms with Crippen LogP contribution in [0.15, 0.2) is 60.8 Å². The van der Waals surface area contributed by atoms with Crippen molar-refractivity contribution in [2.45, 2.75) is 46.9 Å². The van der Waals surface area contributed by atoms with E-state index in [9.17, 15) is 4.79 Å². The van der Waals surface area contributed by atoms with Crippen LogP contribution >= 0.6 is 11.6 Å². The number of rotatable bonds is 8. The Labute approximate surface area is 204 Å². The number of benzene rings is 2. The van der Waals surface area contributed by atoms with Gasteiger partial charge in [-0.1, -0.05) is 49.7 Å². The number of nitrogens with zero attached hydrogens (tertiary/aromatic N) is 4. The second-order valence-electron chi connectivity index (χ2n) is 8.53.